The van der Waals surface area contributed by atoms with Crippen molar-refractivity contribution in [3.8, 4) is 11.5 Å². The molecule has 3 rings (SSSR count). The third-order valence-corrected chi connectivity index (χ3v) is 5.17. The highest BCUT2D eigenvalue weighted by molar-refractivity contribution is 5.79. The van der Waals surface area contributed by atoms with Crippen LogP contribution >= 0.6 is 0 Å². The minimum atomic E-state index is -0.0550. The zero-order valence-electron chi connectivity index (χ0n) is 19.3. The van der Waals surface area contributed by atoms with Gasteiger partial charge in [-0.2, -0.15) is 0 Å². The maximum absolute atomic E-state index is 11.7. The molecular weight excluding hydrogens is 404 g/mol. The van der Waals surface area contributed by atoms with Crippen molar-refractivity contribution in [1.82, 2.24) is 15.5 Å². The summed E-state index contributed by atoms with van der Waals surface area (Å²) < 4.78 is 10.8. The molecule has 1 aliphatic rings. The molecule has 0 heterocycles. The number of benzene rings is 2. The Morgan fingerprint density at radius 1 is 1.06 bits per heavy atom. The van der Waals surface area contributed by atoms with E-state index in [1.165, 1.54) is 11.1 Å². The number of hydrogen-bond acceptors (Lipinski definition) is 4. The summed E-state index contributed by atoms with van der Waals surface area (Å²) >= 11 is 0. The van der Waals surface area contributed by atoms with E-state index < -0.39 is 0 Å². The zero-order valence-corrected chi connectivity index (χ0v) is 19.3. The Hall–Kier alpha value is -3.22. The van der Waals surface area contributed by atoms with Crippen molar-refractivity contribution in [3.05, 3.63) is 59.7 Å². The van der Waals surface area contributed by atoms with E-state index in [1.54, 1.807) is 7.11 Å². The third-order valence-electron chi connectivity index (χ3n) is 5.17. The number of ether oxygens (including phenoxy) is 2. The maximum atomic E-state index is 11.7. The number of aliphatic imine (C=N–C) groups is 1. The second-order valence-corrected chi connectivity index (χ2v) is 7.96. The largest absolute Gasteiger partial charge is 0.497 e. The Morgan fingerprint density at radius 3 is 2.34 bits per heavy atom. The smallest absolute Gasteiger partial charge is 0.258 e. The van der Waals surface area contributed by atoms with Gasteiger partial charge in [-0.25, -0.2) is 0 Å². The van der Waals surface area contributed by atoms with Gasteiger partial charge in [0.2, 0.25) is 0 Å². The molecule has 1 fully saturated rings. The summed E-state index contributed by atoms with van der Waals surface area (Å²) in [5.74, 6) is 2.39. The summed E-state index contributed by atoms with van der Waals surface area (Å²) in [6.45, 7) is 4.38. The van der Waals surface area contributed by atoms with Crippen LogP contribution in [0.4, 0.5) is 0 Å². The molecule has 2 aromatic carbocycles. The van der Waals surface area contributed by atoms with E-state index in [0.717, 1.165) is 44.1 Å². The molecule has 0 aromatic heterocycles. The second-order valence-electron chi connectivity index (χ2n) is 7.96. The average molecular weight is 439 g/mol. The number of guanidine groups is 1. The number of amides is 1. The first-order valence-corrected chi connectivity index (χ1v) is 11.2. The Balaban J connectivity index is 1.46. The normalized spacial score (nSPS) is 13.4. The van der Waals surface area contributed by atoms with Crippen molar-refractivity contribution in [2.75, 3.05) is 33.9 Å². The number of nitrogens with zero attached hydrogens (tertiary/aromatic N) is 2. The van der Waals surface area contributed by atoms with Crippen LogP contribution in [0.2, 0.25) is 0 Å². The number of hydrogen-bond donors (Lipinski definition) is 2. The monoisotopic (exact) mass is 438 g/mol. The molecule has 0 unspecified atom stereocenters. The molecule has 7 nitrogen and oxygen atoms in total. The number of methoxy groups -OCH3 is 1. The lowest BCUT2D eigenvalue weighted by atomic mass is 10.1. The maximum Gasteiger partial charge on any atom is 0.258 e. The minimum absolute atomic E-state index is 0.0550. The lowest BCUT2D eigenvalue weighted by molar-refractivity contribution is -0.123. The van der Waals surface area contributed by atoms with E-state index >= 15 is 0 Å². The third kappa shape index (κ3) is 7.80. The topological polar surface area (TPSA) is 75.2 Å². The van der Waals surface area contributed by atoms with Crippen molar-refractivity contribution in [2.45, 2.75) is 38.8 Å². The SMILES string of the molecule is CCNC(=NCCc1ccc(OCC(=O)NC2CC2)cc1)N(C)Cc1ccc(OC)cc1. The standard InChI is InChI=1S/C25H34N4O3/c1-4-26-25(29(2)17-20-7-11-22(31-3)12-8-20)27-16-15-19-5-13-23(14-6-19)32-18-24(30)28-21-9-10-21/h5-8,11-14,21H,4,9-10,15-18H2,1-3H3,(H,26,27)(H,28,30). The fourth-order valence-corrected chi connectivity index (χ4v) is 3.24. The molecule has 1 aliphatic carbocycles. The van der Waals surface area contributed by atoms with Crippen LogP contribution in [0.5, 0.6) is 11.5 Å². The Bertz CT molecular complexity index is 877. The first-order valence-electron chi connectivity index (χ1n) is 11.2. The molecule has 1 amide bonds. The molecule has 0 atom stereocenters. The van der Waals surface area contributed by atoms with Crippen LogP contribution < -0.4 is 20.1 Å². The van der Waals surface area contributed by atoms with E-state index in [1.807, 2.05) is 43.4 Å². The number of carbonyl (C=O) groups excluding carboxylic acids is 1. The highest BCUT2D eigenvalue weighted by atomic mass is 16.5. The van der Waals surface area contributed by atoms with Gasteiger partial charge in [-0.1, -0.05) is 24.3 Å². The lowest BCUT2D eigenvalue weighted by Gasteiger charge is -2.22. The summed E-state index contributed by atoms with van der Waals surface area (Å²) in [5.41, 5.74) is 2.37. The lowest BCUT2D eigenvalue weighted by Crippen LogP contribution is -2.38. The van der Waals surface area contributed by atoms with Crippen LogP contribution in [0.25, 0.3) is 0 Å². The molecule has 7 heteroatoms. The average Bonchev–Trinajstić information content (AvgIpc) is 3.62. The highest BCUT2D eigenvalue weighted by Gasteiger charge is 2.23. The first kappa shape index (κ1) is 23.4. The van der Waals surface area contributed by atoms with Crippen LogP contribution in [0.3, 0.4) is 0 Å². The van der Waals surface area contributed by atoms with Crippen LogP contribution in [0.1, 0.15) is 30.9 Å². The first-order chi connectivity index (χ1) is 15.6. The zero-order chi connectivity index (χ0) is 22.8. The Morgan fingerprint density at radius 2 is 1.72 bits per heavy atom. The van der Waals surface area contributed by atoms with Gasteiger partial charge in [0.1, 0.15) is 11.5 Å². The fraction of sp³-hybridized carbons (Fsp3) is 0.440. The van der Waals surface area contributed by atoms with E-state index in [4.69, 9.17) is 14.5 Å². The number of rotatable bonds is 11. The van der Waals surface area contributed by atoms with E-state index in [9.17, 15) is 4.79 Å². The van der Waals surface area contributed by atoms with Crippen molar-refractivity contribution in [2.24, 2.45) is 4.99 Å². The van der Waals surface area contributed by atoms with Crippen LogP contribution in [0, 0.1) is 0 Å². The highest BCUT2D eigenvalue weighted by Crippen LogP contribution is 2.18. The molecule has 0 aliphatic heterocycles. The summed E-state index contributed by atoms with van der Waals surface area (Å²) in [6, 6.07) is 16.3. The van der Waals surface area contributed by atoms with E-state index in [-0.39, 0.29) is 12.5 Å². The van der Waals surface area contributed by atoms with Gasteiger partial charge in [0, 0.05) is 32.7 Å². The molecule has 32 heavy (non-hydrogen) atoms. The molecule has 2 N–H and O–H groups in total. The molecule has 0 radical (unpaired) electrons. The molecule has 2 aromatic rings. The minimum Gasteiger partial charge on any atom is -0.497 e. The van der Waals surface area contributed by atoms with Gasteiger partial charge in [-0.15, -0.1) is 0 Å². The molecule has 172 valence electrons. The summed E-state index contributed by atoms with van der Waals surface area (Å²) in [6.07, 6.45) is 2.99. The van der Waals surface area contributed by atoms with Gasteiger partial charge < -0.3 is 25.0 Å². The quantitative estimate of drug-likeness (QED) is 0.417. The van der Waals surface area contributed by atoms with Gasteiger partial charge in [-0.05, 0) is 61.6 Å². The molecule has 1 saturated carbocycles. The van der Waals surface area contributed by atoms with Gasteiger partial charge in [0.05, 0.1) is 7.11 Å². The van der Waals surface area contributed by atoms with Crippen molar-refractivity contribution >= 4 is 11.9 Å². The summed E-state index contributed by atoms with van der Waals surface area (Å²) in [7, 11) is 3.71. The van der Waals surface area contributed by atoms with Crippen molar-refractivity contribution < 1.29 is 14.3 Å². The van der Waals surface area contributed by atoms with Crippen LogP contribution in [0.15, 0.2) is 53.5 Å². The Kier molecular flexibility index (Phi) is 8.78. The number of nitrogens with one attached hydrogen (secondary N) is 2. The van der Waals surface area contributed by atoms with Crippen LogP contribution in [-0.2, 0) is 17.8 Å². The predicted molar refractivity (Wildman–Crippen MR) is 127 cm³/mol. The molecule has 0 bridgehead atoms. The predicted octanol–water partition coefficient (Wildman–Crippen LogP) is 2.99. The molecular formula is C25H34N4O3. The second kappa shape index (κ2) is 12.0. The number of carbonyl (C=O) groups is 1. The Labute approximate surface area is 190 Å². The summed E-state index contributed by atoms with van der Waals surface area (Å²) in [5, 5.41) is 6.28. The molecule has 0 spiro atoms. The van der Waals surface area contributed by atoms with Gasteiger partial charge in [-0.3, -0.25) is 9.79 Å². The van der Waals surface area contributed by atoms with Gasteiger partial charge in [0.25, 0.3) is 5.91 Å². The van der Waals surface area contributed by atoms with Gasteiger partial charge in [0.15, 0.2) is 12.6 Å². The van der Waals surface area contributed by atoms with Crippen molar-refractivity contribution in [1.29, 1.82) is 0 Å². The molecule has 0 saturated heterocycles. The van der Waals surface area contributed by atoms with E-state index in [0.29, 0.717) is 18.3 Å². The van der Waals surface area contributed by atoms with Gasteiger partial charge >= 0.3 is 0 Å². The summed E-state index contributed by atoms with van der Waals surface area (Å²) in [4.78, 5) is 18.6. The van der Waals surface area contributed by atoms with Crippen molar-refractivity contribution in [3.63, 3.8) is 0 Å². The van der Waals surface area contributed by atoms with E-state index in [2.05, 4.69) is 34.6 Å². The van der Waals surface area contributed by atoms with Crippen LogP contribution in [-0.4, -0.2) is 56.7 Å². The fourth-order valence-electron chi connectivity index (χ4n) is 3.24.